The molecule has 0 rings (SSSR count). The van der Waals surface area contributed by atoms with E-state index in [1.165, 1.54) is 32.1 Å². The minimum atomic E-state index is -0.491. The number of hydrogen-bond donors (Lipinski definition) is 2. The highest BCUT2D eigenvalue weighted by molar-refractivity contribution is 5.83. The summed E-state index contributed by atoms with van der Waals surface area (Å²) in [5.41, 5.74) is 4.96. The van der Waals surface area contributed by atoms with Gasteiger partial charge in [0.2, 0.25) is 11.8 Å². The number of rotatable bonds is 11. The quantitative estimate of drug-likeness (QED) is 0.557. The lowest BCUT2D eigenvalue weighted by Gasteiger charge is -2.14. The van der Waals surface area contributed by atoms with Gasteiger partial charge in [0.05, 0.1) is 6.54 Å². The van der Waals surface area contributed by atoms with Gasteiger partial charge in [-0.05, 0) is 12.3 Å². The molecule has 0 aliphatic rings. The van der Waals surface area contributed by atoms with Crippen LogP contribution in [0.25, 0.3) is 0 Å². The Morgan fingerprint density at radius 2 is 1.83 bits per heavy atom. The minimum absolute atomic E-state index is 0.0495. The summed E-state index contributed by atoms with van der Waals surface area (Å²) in [5, 5.41) is 2.52. The molecule has 0 aliphatic heterocycles. The fourth-order valence-corrected chi connectivity index (χ4v) is 2.02. The van der Waals surface area contributed by atoms with Crippen molar-refractivity contribution in [2.45, 2.75) is 65.2 Å². The Hall–Kier alpha value is -1.06. The van der Waals surface area contributed by atoms with E-state index in [0.717, 1.165) is 12.8 Å². The Balaban J connectivity index is 3.65. The molecular formula is C14H28N2O2. The first-order chi connectivity index (χ1) is 8.60. The van der Waals surface area contributed by atoms with Crippen LogP contribution in [0.3, 0.4) is 0 Å². The molecule has 0 aliphatic carbocycles. The Morgan fingerprint density at radius 1 is 1.11 bits per heavy atom. The summed E-state index contributed by atoms with van der Waals surface area (Å²) < 4.78 is 0. The summed E-state index contributed by atoms with van der Waals surface area (Å²) in [6.07, 6.45) is 8.85. The number of hydrogen-bond acceptors (Lipinski definition) is 2. The predicted molar refractivity (Wildman–Crippen MR) is 74.0 cm³/mol. The van der Waals surface area contributed by atoms with E-state index in [1.807, 2.05) is 0 Å². The van der Waals surface area contributed by atoms with Gasteiger partial charge in [0, 0.05) is 6.42 Å². The molecule has 0 radical (unpaired) electrons. The van der Waals surface area contributed by atoms with Crippen LogP contribution < -0.4 is 11.1 Å². The molecule has 1 unspecified atom stereocenters. The van der Waals surface area contributed by atoms with Gasteiger partial charge in [-0.25, -0.2) is 0 Å². The molecule has 0 heterocycles. The van der Waals surface area contributed by atoms with Crippen LogP contribution >= 0.6 is 0 Å². The van der Waals surface area contributed by atoms with Crippen molar-refractivity contribution in [3.05, 3.63) is 0 Å². The lowest BCUT2D eigenvalue weighted by molar-refractivity contribution is -0.125. The standard InChI is InChI=1S/C14H28N2O2/c1-3-5-6-7-8-12(4-2)9-10-14(18)16-11-13(15)17/h12H,3-11H2,1-2H3,(H2,15,17)(H,16,18). The number of carbonyl (C=O) groups excluding carboxylic acids is 2. The van der Waals surface area contributed by atoms with Crippen molar-refractivity contribution in [3.63, 3.8) is 0 Å². The van der Waals surface area contributed by atoms with Gasteiger partial charge in [0.25, 0.3) is 0 Å². The summed E-state index contributed by atoms with van der Waals surface area (Å²) in [5.74, 6) is 0.0666. The summed E-state index contributed by atoms with van der Waals surface area (Å²) in [6, 6.07) is 0. The second-order valence-corrected chi connectivity index (χ2v) is 4.91. The van der Waals surface area contributed by atoms with Gasteiger partial charge >= 0.3 is 0 Å². The van der Waals surface area contributed by atoms with Crippen LogP contribution in [0.15, 0.2) is 0 Å². The SMILES string of the molecule is CCCCCCC(CC)CCC(=O)NCC(N)=O. The molecule has 0 spiro atoms. The number of primary amides is 1. The molecule has 2 amide bonds. The molecular weight excluding hydrogens is 228 g/mol. The lowest BCUT2D eigenvalue weighted by atomic mass is 9.93. The van der Waals surface area contributed by atoms with Gasteiger partial charge in [0.1, 0.15) is 0 Å². The highest BCUT2D eigenvalue weighted by atomic mass is 16.2. The zero-order chi connectivity index (χ0) is 13.8. The summed E-state index contributed by atoms with van der Waals surface area (Å²) in [4.78, 5) is 21.9. The second-order valence-electron chi connectivity index (χ2n) is 4.91. The van der Waals surface area contributed by atoms with Gasteiger partial charge in [-0.2, -0.15) is 0 Å². The third-order valence-corrected chi connectivity index (χ3v) is 3.28. The van der Waals surface area contributed by atoms with Crippen molar-refractivity contribution in [3.8, 4) is 0 Å². The van der Waals surface area contributed by atoms with Crippen LogP contribution in [-0.4, -0.2) is 18.4 Å². The third-order valence-electron chi connectivity index (χ3n) is 3.28. The average molecular weight is 256 g/mol. The Kier molecular flexibility index (Phi) is 10.4. The first-order valence-corrected chi connectivity index (χ1v) is 7.15. The highest BCUT2D eigenvalue weighted by Gasteiger charge is 2.09. The van der Waals surface area contributed by atoms with Gasteiger partial charge in [-0.1, -0.05) is 52.4 Å². The molecule has 4 nitrogen and oxygen atoms in total. The first kappa shape index (κ1) is 16.9. The van der Waals surface area contributed by atoms with Crippen molar-refractivity contribution >= 4 is 11.8 Å². The van der Waals surface area contributed by atoms with Crippen molar-refractivity contribution in [2.24, 2.45) is 11.7 Å². The zero-order valence-corrected chi connectivity index (χ0v) is 11.8. The maximum absolute atomic E-state index is 11.4. The summed E-state index contributed by atoms with van der Waals surface area (Å²) in [7, 11) is 0. The molecule has 106 valence electrons. The molecule has 1 atom stereocenters. The van der Waals surface area contributed by atoms with Crippen LogP contribution in [-0.2, 0) is 9.59 Å². The van der Waals surface area contributed by atoms with Gasteiger partial charge in [-0.15, -0.1) is 0 Å². The summed E-state index contributed by atoms with van der Waals surface area (Å²) >= 11 is 0. The smallest absolute Gasteiger partial charge is 0.236 e. The number of carbonyl (C=O) groups is 2. The van der Waals surface area contributed by atoms with E-state index in [1.54, 1.807) is 0 Å². The second kappa shape index (κ2) is 11.1. The highest BCUT2D eigenvalue weighted by Crippen LogP contribution is 2.19. The van der Waals surface area contributed by atoms with Crippen LogP contribution in [0, 0.1) is 5.92 Å². The van der Waals surface area contributed by atoms with Crippen LogP contribution in [0.5, 0.6) is 0 Å². The largest absolute Gasteiger partial charge is 0.368 e. The molecule has 0 saturated heterocycles. The van der Waals surface area contributed by atoms with Crippen molar-refractivity contribution < 1.29 is 9.59 Å². The normalized spacial score (nSPS) is 12.1. The maximum Gasteiger partial charge on any atom is 0.236 e. The van der Waals surface area contributed by atoms with E-state index in [4.69, 9.17) is 5.73 Å². The molecule has 0 aromatic carbocycles. The average Bonchev–Trinajstić information content (AvgIpc) is 2.35. The van der Waals surface area contributed by atoms with Crippen LogP contribution in [0.1, 0.15) is 65.2 Å². The summed E-state index contributed by atoms with van der Waals surface area (Å²) in [6.45, 7) is 4.33. The van der Waals surface area contributed by atoms with E-state index in [2.05, 4.69) is 19.2 Å². The first-order valence-electron chi connectivity index (χ1n) is 7.15. The zero-order valence-electron chi connectivity index (χ0n) is 11.8. The lowest BCUT2D eigenvalue weighted by Crippen LogP contribution is -2.33. The van der Waals surface area contributed by atoms with E-state index in [0.29, 0.717) is 12.3 Å². The monoisotopic (exact) mass is 256 g/mol. The van der Waals surface area contributed by atoms with E-state index >= 15 is 0 Å². The molecule has 18 heavy (non-hydrogen) atoms. The molecule has 0 aromatic heterocycles. The van der Waals surface area contributed by atoms with Gasteiger partial charge in [0.15, 0.2) is 0 Å². The minimum Gasteiger partial charge on any atom is -0.368 e. The van der Waals surface area contributed by atoms with Crippen LogP contribution in [0.4, 0.5) is 0 Å². The Bertz CT molecular complexity index is 242. The van der Waals surface area contributed by atoms with Crippen LogP contribution in [0.2, 0.25) is 0 Å². The number of nitrogens with one attached hydrogen (secondary N) is 1. The van der Waals surface area contributed by atoms with E-state index in [9.17, 15) is 9.59 Å². The van der Waals surface area contributed by atoms with Gasteiger partial charge < -0.3 is 11.1 Å². The van der Waals surface area contributed by atoms with E-state index < -0.39 is 5.91 Å². The fourth-order valence-electron chi connectivity index (χ4n) is 2.02. The molecule has 4 heteroatoms. The fraction of sp³-hybridized carbons (Fsp3) is 0.857. The van der Waals surface area contributed by atoms with Crippen molar-refractivity contribution in [2.75, 3.05) is 6.54 Å². The maximum atomic E-state index is 11.4. The molecule has 0 bridgehead atoms. The third kappa shape index (κ3) is 10.1. The molecule has 0 fully saturated rings. The van der Waals surface area contributed by atoms with E-state index in [-0.39, 0.29) is 12.5 Å². The molecule has 3 N–H and O–H groups in total. The Morgan fingerprint density at radius 3 is 2.39 bits per heavy atom. The molecule has 0 saturated carbocycles. The number of unbranched alkanes of at least 4 members (excludes halogenated alkanes) is 3. The van der Waals surface area contributed by atoms with Crippen molar-refractivity contribution in [1.29, 1.82) is 0 Å². The van der Waals surface area contributed by atoms with Crippen molar-refractivity contribution in [1.82, 2.24) is 5.32 Å². The number of nitrogens with two attached hydrogens (primary N) is 1. The topological polar surface area (TPSA) is 72.2 Å². The molecule has 0 aromatic rings. The predicted octanol–water partition coefficient (Wildman–Crippen LogP) is 2.36. The number of amides is 2. The Labute approximate surface area is 111 Å². The van der Waals surface area contributed by atoms with Gasteiger partial charge in [-0.3, -0.25) is 9.59 Å².